The largest absolute Gasteiger partial charge is 0.467 e. The van der Waals surface area contributed by atoms with Gasteiger partial charge in [-0.2, -0.15) is 0 Å². The van der Waals surface area contributed by atoms with Gasteiger partial charge in [-0.1, -0.05) is 13.8 Å². The van der Waals surface area contributed by atoms with Gasteiger partial charge in [0.15, 0.2) is 0 Å². The average molecular weight is 280 g/mol. The van der Waals surface area contributed by atoms with Gasteiger partial charge in [-0.25, -0.2) is 14.8 Å². The summed E-state index contributed by atoms with van der Waals surface area (Å²) in [6.07, 6.45) is 1.76. The van der Waals surface area contributed by atoms with Gasteiger partial charge < -0.3 is 15.4 Å². The third-order valence-corrected chi connectivity index (χ3v) is 2.96. The second-order valence-corrected chi connectivity index (χ2v) is 4.63. The highest BCUT2D eigenvalue weighted by molar-refractivity contribution is 5.79. The molecule has 0 aliphatic heterocycles. The van der Waals surface area contributed by atoms with Crippen LogP contribution in [-0.2, 0) is 16.0 Å². The van der Waals surface area contributed by atoms with Crippen molar-refractivity contribution in [2.24, 2.45) is 0 Å². The molecule has 1 aromatic rings. The van der Waals surface area contributed by atoms with Crippen LogP contribution in [0.1, 0.15) is 38.6 Å². The van der Waals surface area contributed by atoms with Crippen molar-refractivity contribution >= 4 is 17.6 Å². The maximum atomic E-state index is 11.5. The number of nitrogens with one attached hydrogen (secondary N) is 2. The van der Waals surface area contributed by atoms with Gasteiger partial charge in [0, 0.05) is 18.5 Å². The summed E-state index contributed by atoms with van der Waals surface area (Å²) in [5.74, 6) is 1.92. The molecule has 0 saturated carbocycles. The zero-order valence-electron chi connectivity index (χ0n) is 12.9. The molecule has 0 aliphatic rings. The van der Waals surface area contributed by atoms with Crippen molar-refractivity contribution in [1.29, 1.82) is 0 Å². The van der Waals surface area contributed by atoms with Crippen LogP contribution in [0.25, 0.3) is 0 Å². The molecule has 1 unspecified atom stereocenters. The molecule has 20 heavy (non-hydrogen) atoms. The lowest BCUT2D eigenvalue weighted by Gasteiger charge is -2.17. The van der Waals surface area contributed by atoms with Gasteiger partial charge in [-0.3, -0.25) is 0 Å². The number of ether oxygens (including phenoxy) is 1. The first-order chi connectivity index (χ1) is 9.53. The van der Waals surface area contributed by atoms with Crippen LogP contribution in [0.5, 0.6) is 0 Å². The fourth-order valence-corrected chi connectivity index (χ4v) is 1.72. The monoisotopic (exact) mass is 280 g/mol. The molecule has 6 nitrogen and oxygen atoms in total. The van der Waals surface area contributed by atoms with E-state index in [1.807, 2.05) is 13.8 Å². The Morgan fingerprint density at radius 3 is 2.50 bits per heavy atom. The van der Waals surface area contributed by atoms with Gasteiger partial charge in [0.1, 0.15) is 23.5 Å². The molecular formula is C14H24N4O2. The van der Waals surface area contributed by atoms with Crippen LogP contribution in [0, 0.1) is 6.92 Å². The maximum Gasteiger partial charge on any atom is 0.328 e. The number of hydrogen-bond donors (Lipinski definition) is 2. The highest BCUT2D eigenvalue weighted by atomic mass is 16.5. The number of aryl methyl sites for hydroxylation is 1. The van der Waals surface area contributed by atoms with E-state index >= 15 is 0 Å². The number of carbonyl (C=O) groups is 1. The Balaban J connectivity index is 3.01. The molecule has 1 aromatic heterocycles. The molecule has 1 rings (SSSR count). The summed E-state index contributed by atoms with van der Waals surface area (Å²) >= 11 is 0. The first-order valence-electron chi connectivity index (χ1n) is 6.99. The molecule has 0 aromatic carbocycles. The topological polar surface area (TPSA) is 76.1 Å². The predicted molar refractivity (Wildman–Crippen MR) is 80.0 cm³/mol. The normalized spacial score (nSPS) is 11.8. The van der Waals surface area contributed by atoms with Gasteiger partial charge in [-0.05, 0) is 20.3 Å². The lowest BCUT2D eigenvalue weighted by atomic mass is 10.2. The zero-order valence-corrected chi connectivity index (χ0v) is 12.9. The van der Waals surface area contributed by atoms with Crippen molar-refractivity contribution < 1.29 is 9.53 Å². The average Bonchev–Trinajstić information content (AvgIpc) is 2.46. The molecule has 0 aliphatic carbocycles. The summed E-state index contributed by atoms with van der Waals surface area (Å²) in [4.78, 5) is 20.4. The van der Waals surface area contributed by atoms with Gasteiger partial charge >= 0.3 is 5.97 Å². The molecule has 6 heteroatoms. The summed E-state index contributed by atoms with van der Waals surface area (Å²) in [6.45, 7) is 8.64. The second kappa shape index (κ2) is 7.67. The molecule has 0 fully saturated rings. The molecule has 1 atom stereocenters. The van der Waals surface area contributed by atoms with Crippen molar-refractivity contribution in [2.45, 2.75) is 46.6 Å². The van der Waals surface area contributed by atoms with Crippen LogP contribution in [0.15, 0.2) is 0 Å². The Kier molecular flexibility index (Phi) is 6.21. The minimum absolute atomic E-state index is 0.316. The van der Waals surface area contributed by atoms with Crippen LogP contribution < -0.4 is 10.6 Å². The number of anilines is 2. The van der Waals surface area contributed by atoms with Crippen LogP contribution >= 0.6 is 0 Å². The van der Waals surface area contributed by atoms with E-state index < -0.39 is 6.04 Å². The number of aromatic nitrogens is 2. The van der Waals surface area contributed by atoms with E-state index in [1.54, 1.807) is 6.92 Å². The zero-order chi connectivity index (χ0) is 15.1. The minimum Gasteiger partial charge on any atom is -0.467 e. The summed E-state index contributed by atoms with van der Waals surface area (Å²) in [6, 6.07) is -0.447. The van der Waals surface area contributed by atoms with Crippen LogP contribution in [-0.4, -0.2) is 35.6 Å². The smallest absolute Gasteiger partial charge is 0.328 e. The third-order valence-electron chi connectivity index (χ3n) is 2.96. The summed E-state index contributed by atoms with van der Waals surface area (Å²) in [5, 5.41) is 6.37. The number of esters is 1. The molecule has 112 valence electrons. The van der Waals surface area contributed by atoms with E-state index in [-0.39, 0.29) is 5.97 Å². The molecule has 0 radical (unpaired) electrons. The standard InChI is InChI=1S/C14H24N4O2/c1-6-8-15-12-9(3)13(18-11(7-2)17-12)16-10(4)14(19)20-5/h10H,6-8H2,1-5H3,(H2,15,16,17,18). The van der Waals surface area contributed by atoms with Crippen molar-refractivity contribution in [3.05, 3.63) is 11.4 Å². The van der Waals surface area contributed by atoms with E-state index in [4.69, 9.17) is 4.74 Å². The lowest BCUT2D eigenvalue weighted by molar-refractivity contribution is -0.141. The minimum atomic E-state index is -0.447. The number of nitrogens with zero attached hydrogens (tertiary/aromatic N) is 2. The molecule has 1 heterocycles. The van der Waals surface area contributed by atoms with E-state index in [1.165, 1.54) is 7.11 Å². The molecular weight excluding hydrogens is 256 g/mol. The number of rotatable bonds is 7. The van der Waals surface area contributed by atoms with E-state index in [9.17, 15) is 4.79 Å². The van der Waals surface area contributed by atoms with Crippen molar-refractivity contribution in [1.82, 2.24) is 9.97 Å². The highest BCUT2D eigenvalue weighted by Crippen LogP contribution is 2.21. The number of carbonyl (C=O) groups excluding carboxylic acids is 1. The Hall–Kier alpha value is -1.85. The Bertz CT molecular complexity index is 463. The summed E-state index contributed by atoms with van der Waals surface area (Å²) < 4.78 is 4.72. The Labute approximate surface area is 120 Å². The van der Waals surface area contributed by atoms with Crippen LogP contribution in [0.3, 0.4) is 0 Å². The first kappa shape index (κ1) is 16.2. The highest BCUT2D eigenvalue weighted by Gasteiger charge is 2.17. The van der Waals surface area contributed by atoms with Crippen LogP contribution in [0.4, 0.5) is 11.6 Å². The molecule has 0 spiro atoms. The van der Waals surface area contributed by atoms with Gasteiger partial charge in [0.05, 0.1) is 7.11 Å². The van der Waals surface area contributed by atoms with Gasteiger partial charge in [0.25, 0.3) is 0 Å². The second-order valence-electron chi connectivity index (χ2n) is 4.63. The van der Waals surface area contributed by atoms with Gasteiger partial charge in [-0.15, -0.1) is 0 Å². The number of methoxy groups -OCH3 is 1. The van der Waals surface area contributed by atoms with Crippen molar-refractivity contribution in [3.8, 4) is 0 Å². The van der Waals surface area contributed by atoms with Gasteiger partial charge in [0.2, 0.25) is 0 Å². The lowest BCUT2D eigenvalue weighted by Crippen LogP contribution is -2.28. The Morgan fingerprint density at radius 1 is 1.30 bits per heavy atom. The molecule has 0 bridgehead atoms. The molecule has 0 amide bonds. The summed E-state index contributed by atoms with van der Waals surface area (Å²) in [5.41, 5.74) is 0.909. The molecule has 2 N–H and O–H groups in total. The van der Waals surface area contributed by atoms with Crippen molar-refractivity contribution in [2.75, 3.05) is 24.3 Å². The van der Waals surface area contributed by atoms with E-state index in [2.05, 4.69) is 27.5 Å². The fourth-order valence-electron chi connectivity index (χ4n) is 1.72. The van der Waals surface area contributed by atoms with E-state index in [0.29, 0.717) is 5.82 Å². The Morgan fingerprint density at radius 2 is 1.95 bits per heavy atom. The maximum absolute atomic E-state index is 11.5. The SMILES string of the molecule is CCCNc1nc(CC)nc(NC(C)C(=O)OC)c1C. The van der Waals surface area contributed by atoms with Crippen molar-refractivity contribution in [3.63, 3.8) is 0 Å². The summed E-state index contributed by atoms with van der Waals surface area (Å²) in [7, 11) is 1.37. The molecule has 0 saturated heterocycles. The van der Waals surface area contributed by atoms with Crippen LogP contribution in [0.2, 0.25) is 0 Å². The number of hydrogen-bond acceptors (Lipinski definition) is 6. The first-order valence-corrected chi connectivity index (χ1v) is 6.99. The fraction of sp³-hybridized carbons (Fsp3) is 0.643. The van der Waals surface area contributed by atoms with E-state index in [0.717, 1.165) is 36.6 Å². The quantitative estimate of drug-likeness (QED) is 0.745. The predicted octanol–water partition coefficient (Wildman–Crippen LogP) is 2.14. The third kappa shape index (κ3) is 4.08.